The Balaban J connectivity index is 1.53. The van der Waals surface area contributed by atoms with Crippen molar-refractivity contribution in [3.8, 4) is 0 Å². The van der Waals surface area contributed by atoms with E-state index in [2.05, 4.69) is 52.4 Å². The first-order chi connectivity index (χ1) is 9.62. The molecule has 1 unspecified atom stereocenters. The summed E-state index contributed by atoms with van der Waals surface area (Å²) in [5.41, 5.74) is 1.87. The molecule has 1 aromatic rings. The smallest absolute Gasteiger partial charge is 0.0297 e. The van der Waals surface area contributed by atoms with Crippen LogP contribution in [0.2, 0.25) is 0 Å². The summed E-state index contributed by atoms with van der Waals surface area (Å²) in [5, 5.41) is 4.05. The van der Waals surface area contributed by atoms with Crippen molar-refractivity contribution in [1.82, 2.24) is 5.32 Å². The molecule has 20 heavy (non-hydrogen) atoms. The van der Waals surface area contributed by atoms with Gasteiger partial charge in [0, 0.05) is 16.1 Å². The molecule has 0 spiro atoms. The minimum Gasteiger partial charge on any atom is -0.305 e. The van der Waals surface area contributed by atoms with Crippen LogP contribution in [0.4, 0.5) is 0 Å². The van der Waals surface area contributed by atoms with Crippen LogP contribution in [0.1, 0.15) is 57.1 Å². The Morgan fingerprint density at radius 2 is 1.70 bits per heavy atom. The Labute approximate surface area is 130 Å². The Bertz CT molecular complexity index is 475. The van der Waals surface area contributed by atoms with Crippen LogP contribution in [0.25, 0.3) is 0 Å². The quantitative estimate of drug-likeness (QED) is 0.814. The monoisotopic (exact) mass is 333 g/mol. The number of halogens is 1. The van der Waals surface area contributed by atoms with Gasteiger partial charge in [-0.1, -0.05) is 28.1 Å². The van der Waals surface area contributed by atoms with Crippen LogP contribution < -0.4 is 5.32 Å². The molecule has 0 radical (unpaired) electrons. The lowest BCUT2D eigenvalue weighted by molar-refractivity contribution is -0.0245. The second kappa shape index (κ2) is 4.84. The number of nitrogens with one attached hydrogen (secondary N) is 1. The second-order valence-corrected chi connectivity index (χ2v) is 8.53. The van der Waals surface area contributed by atoms with Crippen LogP contribution in [-0.4, -0.2) is 5.54 Å². The minimum atomic E-state index is 0.455. The average Bonchev–Trinajstić information content (AvgIpc) is 2.36. The van der Waals surface area contributed by atoms with Gasteiger partial charge in [0.1, 0.15) is 0 Å². The van der Waals surface area contributed by atoms with Gasteiger partial charge in [0.05, 0.1) is 0 Å². The van der Waals surface area contributed by atoms with Crippen LogP contribution in [0.5, 0.6) is 0 Å². The maximum atomic E-state index is 4.05. The van der Waals surface area contributed by atoms with E-state index in [1.807, 2.05) is 0 Å². The van der Waals surface area contributed by atoms with Gasteiger partial charge in [0.25, 0.3) is 0 Å². The topological polar surface area (TPSA) is 12.0 Å². The third kappa shape index (κ3) is 2.35. The first-order valence-electron chi connectivity index (χ1n) is 8.15. The summed E-state index contributed by atoms with van der Waals surface area (Å²) < 4.78 is 1.19. The van der Waals surface area contributed by atoms with Crippen molar-refractivity contribution < 1.29 is 0 Å². The fourth-order valence-corrected chi connectivity index (χ4v) is 6.02. The maximum absolute atomic E-state index is 4.05. The minimum absolute atomic E-state index is 0.455. The predicted molar refractivity (Wildman–Crippen MR) is 86.6 cm³/mol. The molecule has 0 saturated heterocycles. The molecule has 0 aromatic heterocycles. The molecule has 0 amide bonds. The van der Waals surface area contributed by atoms with Crippen molar-refractivity contribution in [2.45, 2.75) is 57.0 Å². The van der Waals surface area contributed by atoms with E-state index >= 15 is 0 Å². The van der Waals surface area contributed by atoms with E-state index in [1.165, 1.54) is 48.6 Å². The molecule has 4 bridgehead atoms. The maximum Gasteiger partial charge on any atom is 0.0297 e. The Kier molecular flexibility index (Phi) is 3.23. The summed E-state index contributed by atoms with van der Waals surface area (Å²) in [6.07, 6.45) is 8.84. The Morgan fingerprint density at radius 1 is 1.10 bits per heavy atom. The van der Waals surface area contributed by atoms with Crippen molar-refractivity contribution in [1.29, 1.82) is 0 Å². The number of benzene rings is 1. The van der Waals surface area contributed by atoms with E-state index in [4.69, 9.17) is 0 Å². The summed E-state index contributed by atoms with van der Waals surface area (Å²) >= 11 is 3.60. The third-order valence-corrected chi connectivity index (χ3v) is 6.40. The zero-order chi connectivity index (χ0) is 13.7. The van der Waals surface area contributed by atoms with Gasteiger partial charge in [-0.15, -0.1) is 0 Å². The van der Waals surface area contributed by atoms with Crippen LogP contribution in [0.15, 0.2) is 28.7 Å². The van der Waals surface area contributed by atoms with Gasteiger partial charge in [-0.3, -0.25) is 0 Å². The largest absolute Gasteiger partial charge is 0.305 e. The first kappa shape index (κ1) is 13.3. The summed E-state index contributed by atoms with van der Waals surface area (Å²) in [7, 11) is 0. The van der Waals surface area contributed by atoms with Crippen LogP contribution in [0, 0.1) is 17.8 Å². The van der Waals surface area contributed by atoms with Crippen molar-refractivity contribution in [3.63, 3.8) is 0 Å². The van der Waals surface area contributed by atoms with E-state index < -0.39 is 0 Å². The molecule has 0 heterocycles. The highest BCUT2D eigenvalue weighted by molar-refractivity contribution is 9.10. The standard InChI is InChI=1S/C18H24BrN/c1-12(16-3-2-4-17(19)8-16)20-18-9-13-5-14(10-18)7-15(6-13)11-18/h2-4,8,12-15,20H,5-7,9-11H2,1H3. The molecule has 4 aliphatic rings. The SMILES string of the molecule is CC(NC12CC3CC(CC(C3)C1)C2)c1cccc(Br)c1. The summed E-state index contributed by atoms with van der Waals surface area (Å²) in [6, 6.07) is 9.24. The molecule has 5 rings (SSSR count). The number of hydrogen-bond donors (Lipinski definition) is 1. The average molecular weight is 334 g/mol. The van der Waals surface area contributed by atoms with Gasteiger partial charge < -0.3 is 5.32 Å². The molecule has 4 aliphatic carbocycles. The molecule has 1 N–H and O–H groups in total. The van der Waals surface area contributed by atoms with E-state index in [0.29, 0.717) is 11.6 Å². The zero-order valence-corrected chi connectivity index (χ0v) is 13.8. The summed E-state index contributed by atoms with van der Waals surface area (Å²) in [5.74, 6) is 3.05. The van der Waals surface area contributed by atoms with Gasteiger partial charge >= 0.3 is 0 Å². The molecule has 2 heteroatoms. The Morgan fingerprint density at radius 3 is 2.25 bits per heavy atom. The number of rotatable bonds is 3. The predicted octanol–water partition coefficient (Wildman–Crippen LogP) is 5.07. The molecule has 0 aliphatic heterocycles. The molecule has 4 fully saturated rings. The number of hydrogen-bond acceptors (Lipinski definition) is 1. The lowest BCUT2D eigenvalue weighted by Gasteiger charge is -2.58. The molecular formula is C18H24BrN. The summed E-state index contributed by atoms with van der Waals surface area (Å²) in [6.45, 7) is 2.33. The van der Waals surface area contributed by atoms with Crippen molar-refractivity contribution in [3.05, 3.63) is 34.3 Å². The van der Waals surface area contributed by atoms with E-state index in [9.17, 15) is 0 Å². The molecule has 108 valence electrons. The zero-order valence-electron chi connectivity index (χ0n) is 12.2. The first-order valence-corrected chi connectivity index (χ1v) is 8.94. The second-order valence-electron chi connectivity index (χ2n) is 7.62. The van der Waals surface area contributed by atoms with E-state index in [-0.39, 0.29) is 0 Å². The molecule has 4 saturated carbocycles. The van der Waals surface area contributed by atoms with Crippen molar-refractivity contribution >= 4 is 15.9 Å². The van der Waals surface area contributed by atoms with Crippen LogP contribution >= 0.6 is 15.9 Å². The van der Waals surface area contributed by atoms with Gasteiger partial charge in [0.15, 0.2) is 0 Å². The van der Waals surface area contributed by atoms with E-state index in [0.717, 1.165) is 17.8 Å². The fourth-order valence-electron chi connectivity index (χ4n) is 5.61. The molecule has 1 nitrogen and oxygen atoms in total. The van der Waals surface area contributed by atoms with Gasteiger partial charge in [-0.2, -0.15) is 0 Å². The third-order valence-electron chi connectivity index (χ3n) is 5.91. The highest BCUT2D eigenvalue weighted by atomic mass is 79.9. The molecular weight excluding hydrogens is 310 g/mol. The highest BCUT2D eigenvalue weighted by Crippen LogP contribution is 2.56. The van der Waals surface area contributed by atoms with Crippen molar-refractivity contribution in [2.24, 2.45) is 17.8 Å². The van der Waals surface area contributed by atoms with E-state index in [1.54, 1.807) is 0 Å². The molecule has 1 aromatic carbocycles. The Hall–Kier alpha value is -0.340. The fraction of sp³-hybridized carbons (Fsp3) is 0.667. The van der Waals surface area contributed by atoms with Gasteiger partial charge in [-0.25, -0.2) is 0 Å². The van der Waals surface area contributed by atoms with Gasteiger partial charge in [0.2, 0.25) is 0 Å². The van der Waals surface area contributed by atoms with Crippen LogP contribution in [0.3, 0.4) is 0 Å². The highest BCUT2D eigenvalue weighted by Gasteiger charge is 2.51. The lowest BCUT2D eigenvalue weighted by atomic mass is 9.53. The van der Waals surface area contributed by atoms with Crippen LogP contribution in [-0.2, 0) is 0 Å². The van der Waals surface area contributed by atoms with Gasteiger partial charge in [-0.05, 0) is 80.9 Å². The lowest BCUT2D eigenvalue weighted by Crippen LogP contribution is -2.58. The molecule has 1 atom stereocenters. The normalized spacial score (nSPS) is 40.0. The summed E-state index contributed by atoms with van der Waals surface area (Å²) in [4.78, 5) is 0. The van der Waals surface area contributed by atoms with Crippen molar-refractivity contribution in [2.75, 3.05) is 0 Å².